The summed E-state index contributed by atoms with van der Waals surface area (Å²) in [6, 6.07) is 8.90. The molecule has 2 N–H and O–H groups in total. The fourth-order valence-electron chi connectivity index (χ4n) is 1.90. The highest BCUT2D eigenvalue weighted by molar-refractivity contribution is 8.00. The topological polar surface area (TPSA) is 73.1 Å². The maximum absolute atomic E-state index is 11.9. The van der Waals surface area contributed by atoms with E-state index in [1.807, 2.05) is 0 Å². The molecule has 100 valence electrons. The molecule has 0 aliphatic heterocycles. The van der Waals surface area contributed by atoms with Crippen LogP contribution in [0.25, 0.3) is 0 Å². The molecule has 1 fully saturated rings. The fraction of sp³-hybridized carbons (Fsp3) is 0.429. The lowest BCUT2D eigenvalue weighted by Crippen LogP contribution is -2.47. The summed E-state index contributed by atoms with van der Waals surface area (Å²) in [4.78, 5) is 12.8. The van der Waals surface area contributed by atoms with Crippen LogP contribution in [0.15, 0.2) is 29.2 Å². The fourth-order valence-corrected chi connectivity index (χ4v) is 2.60. The minimum Gasteiger partial charge on any atom is -0.508 e. The molecule has 1 aromatic rings. The monoisotopic (exact) mass is 276 g/mol. The maximum atomic E-state index is 11.9. The van der Waals surface area contributed by atoms with E-state index in [1.165, 1.54) is 11.8 Å². The Morgan fingerprint density at radius 3 is 2.68 bits per heavy atom. The van der Waals surface area contributed by atoms with Crippen LogP contribution in [0.2, 0.25) is 0 Å². The van der Waals surface area contributed by atoms with Crippen molar-refractivity contribution in [2.75, 3.05) is 5.75 Å². The standard InChI is InChI=1S/C14H16N2O2S/c1-14(9-15,10-2-3-10)16-13(18)8-19-12-6-4-11(17)5-7-12/h4-7,10,17H,2-3,8H2,1H3,(H,16,18)/t14-/m0/s1. The number of hydrogen-bond donors (Lipinski definition) is 2. The lowest BCUT2D eigenvalue weighted by Gasteiger charge is -2.22. The number of carbonyl (C=O) groups excluding carboxylic acids is 1. The third-order valence-electron chi connectivity index (χ3n) is 3.23. The highest BCUT2D eigenvalue weighted by Gasteiger charge is 2.42. The van der Waals surface area contributed by atoms with E-state index in [9.17, 15) is 4.79 Å². The van der Waals surface area contributed by atoms with Crippen molar-refractivity contribution in [3.8, 4) is 11.8 Å². The molecule has 5 heteroatoms. The number of hydrogen-bond acceptors (Lipinski definition) is 4. The van der Waals surface area contributed by atoms with Gasteiger partial charge >= 0.3 is 0 Å². The third kappa shape index (κ3) is 3.65. The zero-order valence-electron chi connectivity index (χ0n) is 10.7. The summed E-state index contributed by atoms with van der Waals surface area (Å²) in [5, 5.41) is 21.1. The van der Waals surface area contributed by atoms with E-state index < -0.39 is 5.54 Å². The van der Waals surface area contributed by atoms with Gasteiger partial charge in [-0.25, -0.2) is 0 Å². The van der Waals surface area contributed by atoms with Crippen molar-refractivity contribution in [3.05, 3.63) is 24.3 Å². The van der Waals surface area contributed by atoms with Gasteiger partial charge in [0, 0.05) is 4.90 Å². The van der Waals surface area contributed by atoms with Crippen molar-refractivity contribution in [2.45, 2.75) is 30.2 Å². The molecule has 0 bridgehead atoms. The van der Waals surface area contributed by atoms with Crippen molar-refractivity contribution in [1.29, 1.82) is 5.26 Å². The quantitative estimate of drug-likeness (QED) is 0.809. The van der Waals surface area contributed by atoms with E-state index in [4.69, 9.17) is 10.4 Å². The Labute approximate surface area is 116 Å². The van der Waals surface area contributed by atoms with Gasteiger partial charge in [0.15, 0.2) is 0 Å². The van der Waals surface area contributed by atoms with Crippen LogP contribution in [0.5, 0.6) is 5.75 Å². The molecule has 1 saturated carbocycles. The molecule has 2 rings (SSSR count). The van der Waals surface area contributed by atoms with E-state index in [0.717, 1.165) is 17.7 Å². The summed E-state index contributed by atoms with van der Waals surface area (Å²) in [6.45, 7) is 1.79. The van der Waals surface area contributed by atoms with Gasteiger partial charge in [0.25, 0.3) is 0 Å². The number of amides is 1. The summed E-state index contributed by atoms with van der Waals surface area (Å²) in [6.07, 6.45) is 2.02. The van der Waals surface area contributed by atoms with Crippen molar-refractivity contribution in [3.63, 3.8) is 0 Å². The molecule has 1 aliphatic carbocycles. The second kappa shape index (κ2) is 5.54. The van der Waals surface area contributed by atoms with Gasteiger partial charge in [-0.2, -0.15) is 5.26 Å². The predicted octanol–water partition coefficient (Wildman–Crippen LogP) is 2.29. The Morgan fingerprint density at radius 1 is 1.53 bits per heavy atom. The number of nitrogens with one attached hydrogen (secondary N) is 1. The summed E-state index contributed by atoms with van der Waals surface area (Å²) in [5.74, 6) is 0.642. The number of benzene rings is 1. The number of phenolic OH excluding ortho intramolecular Hbond substituents is 1. The van der Waals surface area contributed by atoms with Gasteiger partial charge in [-0.05, 0) is 49.9 Å². The van der Waals surface area contributed by atoms with Gasteiger partial charge in [-0.1, -0.05) is 0 Å². The Bertz CT molecular complexity index is 505. The van der Waals surface area contributed by atoms with E-state index in [0.29, 0.717) is 5.92 Å². The van der Waals surface area contributed by atoms with Gasteiger partial charge in [0.1, 0.15) is 11.3 Å². The predicted molar refractivity (Wildman–Crippen MR) is 73.7 cm³/mol. The van der Waals surface area contributed by atoms with E-state index >= 15 is 0 Å². The van der Waals surface area contributed by atoms with Gasteiger partial charge in [-0.3, -0.25) is 4.79 Å². The molecule has 0 radical (unpaired) electrons. The largest absolute Gasteiger partial charge is 0.508 e. The Balaban J connectivity index is 1.84. The lowest BCUT2D eigenvalue weighted by molar-refractivity contribution is -0.119. The van der Waals surface area contributed by atoms with Gasteiger partial charge in [0.2, 0.25) is 5.91 Å². The Kier molecular flexibility index (Phi) is 4.01. The second-order valence-electron chi connectivity index (χ2n) is 4.92. The molecule has 0 spiro atoms. The number of thioether (sulfide) groups is 1. The summed E-state index contributed by atoms with van der Waals surface area (Å²) >= 11 is 1.39. The summed E-state index contributed by atoms with van der Waals surface area (Å²) in [5.41, 5.74) is -0.730. The Morgan fingerprint density at radius 2 is 2.16 bits per heavy atom. The zero-order chi connectivity index (χ0) is 13.9. The van der Waals surface area contributed by atoms with Crippen LogP contribution in [0.4, 0.5) is 0 Å². The van der Waals surface area contributed by atoms with Crippen molar-refractivity contribution < 1.29 is 9.90 Å². The van der Waals surface area contributed by atoms with Gasteiger partial charge < -0.3 is 10.4 Å². The van der Waals surface area contributed by atoms with Gasteiger partial charge in [0.05, 0.1) is 11.8 Å². The number of rotatable bonds is 5. The second-order valence-corrected chi connectivity index (χ2v) is 5.97. The molecule has 0 unspecified atom stereocenters. The molecule has 0 saturated heterocycles. The highest BCUT2D eigenvalue weighted by atomic mass is 32.2. The van der Waals surface area contributed by atoms with E-state index in [-0.39, 0.29) is 17.4 Å². The first-order valence-electron chi connectivity index (χ1n) is 6.17. The molecule has 0 heterocycles. The number of nitriles is 1. The van der Waals surface area contributed by atoms with Gasteiger partial charge in [-0.15, -0.1) is 11.8 Å². The van der Waals surface area contributed by atoms with Crippen LogP contribution in [0, 0.1) is 17.2 Å². The summed E-state index contributed by atoms with van der Waals surface area (Å²) < 4.78 is 0. The average molecular weight is 276 g/mol. The van der Waals surface area contributed by atoms with Crippen LogP contribution < -0.4 is 5.32 Å². The molecule has 1 atom stereocenters. The van der Waals surface area contributed by atoms with Crippen LogP contribution >= 0.6 is 11.8 Å². The van der Waals surface area contributed by atoms with Crippen LogP contribution in [-0.2, 0) is 4.79 Å². The van der Waals surface area contributed by atoms with E-state index in [2.05, 4.69) is 11.4 Å². The molecule has 1 aromatic carbocycles. The average Bonchev–Trinajstić information content (AvgIpc) is 3.22. The normalized spacial score (nSPS) is 17.3. The molecule has 0 aromatic heterocycles. The van der Waals surface area contributed by atoms with Crippen LogP contribution in [0.3, 0.4) is 0 Å². The smallest absolute Gasteiger partial charge is 0.231 e. The molecular formula is C14H16N2O2S. The molecule has 1 aliphatic rings. The molecule has 4 nitrogen and oxygen atoms in total. The minimum atomic E-state index is -0.730. The number of carbonyl (C=O) groups is 1. The minimum absolute atomic E-state index is 0.131. The lowest BCUT2D eigenvalue weighted by atomic mass is 9.98. The number of aromatic hydroxyl groups is 1. The first-order chi connectivity index (χ1) is 9.03. The van der Waals surface area contributed by atoms with E-state index in [1.54, 1.807) is 31.2 Å². The molecular weight excluding hydrogens is 260 g/mol. The first-order valence-corrected chi connectivity index (χ1v) is 7.16. The SMILES string of the molecule is C[C@@](C#N)(NC(=O)CSc1ccc(O)cc1)C1CC1. The first kappa shape index (κ1) is 13.8. The Hall–Kier alpha value is -1.67. The zero-order valence-corrected chi connectivity index (χ0v) is 11.5. The van der Waals surface area contributed by atoms with Crippen molar-refractivity contribution in [1.82, 2.24) is 5.32 Å². The number of nitrogens with zero attached hydrogens (tertiary/aromatic N) is 1. The highest BCUT2D eigenvalue weighted by Crippen LogP contribution is 2.39. The third-order valence-corrected chi connectivity index (χ3v) is 4.24. The maximum Gasteiger partial charge on any atom is 0.231 e. The van der Waals surface area contributed by atoms with Crippen molar-refractivity contribution >= 4 is 17.7 Å². The summed E-state index contributed by atoms with van der Waals surface area (Å²) in [7, 11) is 0. The van der Waals surface area contributed by atoms with Crippen LogP contribution in [-0.4, -0.2) is 22.3 Å². The molecule has 19 heavy (non-hydrogen) atoms. The van der Waals surface area contributed by atoms with Crippen LogP contribution in [0.1, 0.15) is 19.8 Å². The molecule has 1 amide bonds. The van der Waals surface area contributed by atoms with Crippen molar-refractivity contribution in [2.24, 2.45) is 5.92 Å². The number of phenols is 1.